The van der Waals surface area contributed by atoms with Crippen molar-refractivity contribution in [2.24, 2.45) is 4.99 Å². The number of amides is 1. The van der Waals surface area contributed by atoms with Gasteiger partial charge in [0.1, 0.15) is 24.1 Å². The molecule has 220 valence electrons. The van der Waals surface area contributed by atoms with E-state index in [1.165, 1.54) is 18.4 Å². The lowest BCUT2D eigenvalue weighted by molar-refractivity contribution is -0.113. The number of aromatic nitrogens is 1. The van der Waals surface area contributed by atoms with Crippen molar-refractivity contribution in [3.63, 3.8) is 0 Å². The van der Waals surface area contributed by atoms with Crippen LogP contribution in [0.25, 0.3) is 6.08 Å². The first kappa shape index (κ1) is 29.4. The highest BCUT2D eigenvalue weighted by molar-refractivity contribution is 7.07. The molecule has 5 rings (SSSR count). The van der Waals surface area contributed by atoms with E-state index in [1.54, 1.807) is 80.3 Å². The summed E-state index contributed by atoms with van der Waals surface area (Å²) in [6, 6.07) is 19.1. The Morgan fingerprint density at radius 1 is 1.00 bits per heavy atom. The maximum atomic E-state index is 14.1. The molecular weight excluding hydrogens is 566 g/mol. The van der Waals surface area contributed by atoms with Crippen LogP contribution in [-0.2, 0) is 4.79 Å². The normalized spacial score (nSPS) is 14.4. The van der Waals surface area contributed by atoms with Gasteiger partial charge in [-0.3, -0.25) is 14.2 Å². The second-order valence-electron chi connectivity index (χ2n) is 9.52. The number of ether oxygens (including phenoxy) is 4. The Morgan fingerprint density at radius 2 is 1.77 bits per heavy atom. The van der Waals surface area contributed by atoms with Crippen LogP contribution in [0.2, 0.25) is 0 Å². The highest BCUT2D eigenvalue weighted by atomic mass is 32.1. The van der Waals surface area contributed by atoms with Gasteiger partial charge < -0.3 is 24.3 Å². The minimum Gasteiger partial charge on any atom is -0.497 e. The van der Waals surface area contributed by atoms with Crippen molar-refractivity contribution in [2.75, 3.05) is 33.3 Å². The molecule has 0 spiro atoms. The second kappa shape index (κ2) is 12.8. The molecule has 2 heterocycles. The molecule has 1 amide bonds. The second-order valence-corrected chi connectivity index (χ2v) is 10.5. The summed E-state index contributed by atoms with van der Waals surface area (Å²) in [5.74, 6) is 1.78. The molecule has 3 aromatic carbocycles. The van der Waals surface area contributed by atoms with Crippen molar-refractivity contribution in [2.45, 2.75) is 13.0 Å². The van der Waals surface area contributed by atoms with E-state index in [0.717, 1.165) is 5.56 Å². The van der Waals surface area contributed by atoms with Crippen LogP contribution in [0.4, 0.5) is 5.69 Å². The molecule has 1 aromatic heterocycles. The van der Waals surface area contributed by atoms with Crippen LogP contribution >= 0.6 is 11.3 Å². The smallest absolute Gasteiger partial charge is 0.271 e. The van der Waals surface area contributed by atoms with E-state index in [9.17, 15) is 9.59 Å². The quantitative estimate of drug-likeness (QED) is 0.271. The minimum atomic E-state index is -0.813. The summed E-state index contributed by atoms with van der Waals surface area (Å²) in [7, 11) is 4.66. The average Bonchev–Trinajstić information content (AvgIpc) is 3.33. The van der Waals surface area contributed by atoms with Gasteiger partial charge in [0.25, 0.3) is 11.5 Å². The summed E-state index contributed by atoms with van der Waals surface area (Å²) in [5.41, 5.74) is 2.51. The number of rotatable bonds is 10. The van der Waals surface area contributed by atoms with E-state index in [2.05, 4.69) is 11.9 Å². The Hall–Kier alpha value is -5.09. The molecule has 0 unspecified atom stereocenters. The standard InChI is InChI=1S/C33H31N3O6S/c1-6-16-42-25-15-12-21(17-27(25)41-5)18-28-32(38)36-30(24-14-13-23(39-3)19-26(24)40-4)29(20(2)34-33(36)43-28)31(37)35-22-10-8-7-9-11-22/h6-15,17-19,30H,1,16H2,2-5H3,(H,35,37)/b28-18-/t30-/m0/s1. The highest BCUT2D eigenvalue weighted by Gasteiger charge is 2.34. The monoisotopic (exact) mass is 597 g/mol. The third kappa shape index (κ3) is 5.96. The van der Waals surface area contributed by atoms with Gasteiger partial charge in [-0.15, -0.1) is 0 Å². The molecule has 9 nitrogen and oxygen atoms in total. The zero-order valence-corrected chi connectivity index (χ0v) is 25.1. The summed E-state index contributed by atoms with van der Waals surface area (Å²) >= 11 is 1.24. The van der Waals surface area contributed by atoms with Crippen molar-refractivity contribution < 1.29 is 23.7 Å². The number of fused-ring (bicyclic) bond motifs is 1. The Kier molecular flexibility index (Phi) is 8.77. The van der Waals surface area contributed by atoms with Gasteiger partial charge in [-0.2, -0.15) is 0 Å². The number of nitrogens with zero attached hydrogens (tertiary/aromatic N) is 2. The zero-order valence-electron chi connectivity index (χ0n) is 24.2. The van der Waals surface area contributed by atoms with Crippen molar-refractivity contribution in [3.8, 4) is 23.0 Å². The molecule has 0 radical (unpaired) electrons. The zero-order chi connectivity index (χ0) is 30.5. The summed E-state index contributed by atoms with van der Waals surface area (Å²) in [6.45, 7) is 5.78. The number of carbonyl (C=O) groups is 1. The SMILES string of the molecule is C=CCOc1ccc(/C=c2\sc3n(c2=O)[C@@H](c2ccc(OC)cc2OC)C(C(=O)Nc2ccccc2)=C(C)N=3)cc1OC. The van der Waals surface area contributed by atoms with Crippen LogP contribution in [0.1, 0.15) is 24.1 Å². The molecule has 0 saturated carbocycles. The van der Waals surface area contributed by atoms with E-state index in [4.69, 9.17) is 23.9 Å². The number of para-hydroxylation sites is 1. The van der Waals surface area contributed by atoms with Crippen LogP contribution < -0.4 is 39.2 Å². The Balaban J connectivity index is 1.67. The van der Waals surface area contributed by atoms with Gasteiger partial charge in [0.2, 0.25) is 0 Å². The first-order chi connectivity index (χ1) is 20.9. The molecule has 0 aliphatic carbocycles. The van der Waals surface area contributed by atoms with E-state index < -0.39 is 6.04 Å². The molecule has 43 heavy (non-hydrogen) atoms. The predicted octanol–water partition coefficient (Wildman–Crippen LogP) is 4.46. The number of benzene rings is 3. The van der Waals surface area contributed by atoms with Gasteiger partial charge in [-0.1, -0.05) is 48.3 Å². The topological polar surface area (TPSA) is 100 Å². The third-order valence-electron chi connectivity index (χ3n) is 6.88. The number of allylic oxidation sites excluding steroid dienone is 1. The first-order valence-corrected chi connectivity index (χ1v) is 14.2. The van der Waals surface area contributed by atoms with E-state index in [1.807, 2.05) is 24.3 Å². The van der Waals surface area contributed by atoms with E-state index in [-0.39, 0.29) is 11.5 Å². The van der Waals surface area contributed by atoms with Crippen LogP contribution in [0.5, 0.6) is 23.0 Å². The predicted molar refractivity (Wildman–Crippen MR) is 167 cm³/mol. The van der Waals surface area contributed by atoms with Gasteiger partial charge in [0.05, 0.1) is 37.1 Å². The van der Waals surface area contributed by atoms with Gasteiger partial charge >= 0.3 is 0 Å². The van der Waals surface area contributed by atoms with Gasteiger partial charge in [0, 0.05) is 17.3 Å². The third-order valence-corrected chi connectivity index (χ3v) is 7.86. The molecule has 1 aliphatic heterocycles. The Morgan fingerprint density at radius 3 is 2.47 bits per heavy atom. The van der Waals surface area contributed by atoms with E-state index >= 15 is 0 Å². The number of hydrogen-bond donors (Lipinski definition) is 1. The molecule has 1 atom stereocenters. The maximum Gasteiger partial charge on any atom is 0.271 e. The molecule has 0 saturated heterocycles. The lowest BCUT2D eigenvalue weighted by Gasteiger charge is -2.26. The highest BCUT2D eigenvalue weighted by Crippen LogP contribution is 2.37. The van der Waals surface area contributed by atoms with Crippen LogP contribution in [-0.4, -0.2) is 38.4 Å². The number of thiazole rings is 1. The number of carbonyl (C=O) groups excluding carboxylic acids is 1. The summed E-state index contributed by atoms with van der Waals surface area (Å²) in [4.78, 5) is 33.1. The van der Waals surface area contributed by atoms with Gasteiger partial charge in [-0.05, 0) is 55.0 Å². The summed E-state index contributed by atoms with van der Waals surface area (Å²) < 4.78 is 24.3. The fourth-order valence-electron chi connectivity index (χ4n) is 4.86. The first-order valence-electron chi connectivity index (χ1n) is 13.4. The number of methoxy groups -OCH3 is 3. The molecule has 1 N–H and O–H groups in total. The Labute approximate surface area is 252 Å². The molecule has 1 aliphatic rings. The molecular formula is C33H31N3O6S. The van der Waals surface area contributed by atoms with Crippen LogP contribution in [0, 0.1) is 0 Å². The van der Waals surface area contributed by atoms with Crippen molar-refractivity contribution >= 4 is 29.0 Å². The largest absolute Gasteiger partial charge is 0.497 e. The van der Waals surface area contributed by atoms with Crippen molar-refractivity contribution in [3.05, 3.63) is 121 Å². The minimum absolute atomic E-state index is 0.296. The lowest BCUT2D eigenvalue weighted by Crippen LogP contribution is -2.40. The molecule has 4 aromatic rings. The van der Waals surface area contributed by atoms with Crippen molar-refractivity contribution in [1.29, 1.82) is 0 Å². The molecule has 0 bridgehead atoms. The Bertz CT molecular complexity index is 1890. The molecule has 0 fully saturated rings. The van der Waals surface area contributed by atoms with Crippen LogP contribution in [0.3, 0.4) is 0 Å². The fourth-order valence-corrected chi connectivity index (χ4v) is 5.91. The van der Waals surface area contributed by atoms with Gasteiger partial charge in [0.15, 0.2) is 16.3 Å². The average molecular weight is 598 g/mol. The number of anilines is 1. The number of nitrogens with one attached hydrogen (secondary N) is 1. The van der Waals surface area contributed by atoms with Crippen molar-refractivity contribution in [1.82, 2.24) is 4.57 Å². The van der Waals surface area contributed by atoms with E-state index in [0.29, 0.717) is 61.5 Å². The summed E-state index contributed by atoms with van der Waals surface area (Å²) in [6.07, 6.45) is 3.42. The summed E-state index contributed by atoms with van der Waals surface area (Å²) in [5, 5.41) is 2.96. The van der Waals surface area contributed by atoms with Gasteiger partial charge in [-0.25, -0.2) is 4.99 Å². The maximum absolute atomic E-state index is 14.1. The number of hydrogen-bond acceptors (Lipinski definition) is 8. The fraction of sp³-hybridized carbons (Fsp3) is 0.182. The van der Waals surface area contributed by atoms with Crippen LogP contribution in [0.15, 0.2) is 100 Å². The lowest BCUT2D eigenvalue weighted by atomic mass is 9.94. The molecule has 10 heteroatoms.